The van der Waals surface area contributed by atoms with Gasteiger partial charge in [0, 0.05) is 7.05 Å². The Morgan fingerprint density at radius 2 is 1.88 bits per heavy atom. The molecule has 0 aliphatic rings. The highest BCUT2D eigenvalue weighted by atomic mass is 19.1. The van der Waals surface area contributed by atoms with Crippen molar-refractivity contribution in [3.05, 3.63) is 72.5 Å². The van der Waals surface area contributed by atoms with Gasteiger partial charge in [0.05, 0.1) is 12.0 Å². The van der Waals surface area contributed by atoms with E-state index in [9.17, 15) is 23.6 Å². The van der Waals surface area contributed by atoms with E-state index in [-0.39, 0.29) is 22.4 Å². The number of hydrogen-bond acceptors (Lipinski definition) is 5. The van der Waals surface area contributed by atoms with Gasteiger partial charge in [-0.2, -0.15) is 0 Å². The van der Waals surface area contributed by atoms with Crippen LogP contribution in [-0.4, -0.2) is 25.3 Å². The van der Waals surface area contributed by atoms with Gasteiger partial charge < -0.3 is 4.98 Å². The van der Waals surface area contributed by atoms with Gasteiger partial charge in [-0.3, -0.25) is 23.9 Å². The number of aromatic nitrogens is 4. The molecule has 8 nitrogen and oxygen atoms in total. The van der Waals surface area contributed by atoms with Crippen molar-refractivity contribution in [3.8, 4) is 0 Å². The summed E-state index contributed by atoms with van der Waals surface area (Å²) < 4.78 is 14.7. The molecular formula is C15H11FN4O4. The number of Topliss-reactive ketones (excluding diaryl/α,β-unsaturated/α-hetero) is 1. The lowest BCUT2D eigenvalue weighted by atomic mass is 10.1. The summed E-state index contributed by atoms with van der Waals surface area (Å²) >= 11 is 0. The number of carbonyl (C=O) groups is 1. The van der Waals surface area contributed by atoms with E-state index in [1.54, 1.807) is 0 Å². The van der Waals surface area contributed by atoms with Crippen molar-refractivity contribution in [2.75, 3.05) is 0 Å². The van der Waals surface area contributed by atoms with Gasteiger partial charge in [-0.15, -0.1) is 0 Å². The number of rotatable bonds is 3. The van der Waals surface area contributed by atoms with E-state index in [2.05, 4.69) is 9.97 Å². The van der Waals surface area contributed by atoms with Gasteiger partial charge in [0.15, 0.2) is 11.3 Å². The van der Waals surface area contributed by atoms with Gasteiger partial charge in [-0.1, -0.05) is 12.1 Å². The van der Waals surface area contributed by atoms with Gasteiger partial charge in [-0.05, 0) is 12.1 Å². The Hall–Kier alpha value is -3.36. The summed E-state index contributed by atoms with van der Waals surface area (Å²) in [5.74, 6) is -1.35. The van der Waals surface area contributed by atoms with Crippen LogP contribution in [0.15, 0.2) is 38.6 Å². The molecule has 0 saturated heterocycles. The standard InChI is InChI=1S/C15H11FN4O4/c1-20-12-11(14(23)19-15(20)24)17-9(13(22)18-12)6-10(21)7-4-2-3-5-8(7)16/h2-5H,6H2,1H3,(H,18,22)(H,19,23,24). The molecule has 0 spiro atoms. The summed E-state index contributed by atoms with van der Waals surface area (Å²) in [5.41, 5.74) is -2.88. The number of hydrogen-bond donors (Lipinski definition) is 2. The highest BCUT2D eigenvalue weighted by Gasteiger charge is 2.17. The number of ketones is 1. The Morgan fingerprint density at radius 3 is 2.58 bits per heavy atom. The maximum absolute atomic E-state index is 13.6. The average Bonchev–Trinajstić information content (AvgIpc) is 2.54. The van der Waals surface area contributed by atoms with E-state index in [4.69, 9.17) is 0 Å². The van der Waals surface area contributed by atoms with Crippen LogP contribution in [0.3, 0.4) is 0 Å². The summed E-state index contributed by atoms with van der Waals surface area (Å²) in [6.45, 7) is 0. The normalized spacial score (nSPS) is 10.9. The predicted molar refractivity (Wildman–Crippen MR) is 82.7 cm³/mol. The number of benzene rings is 1. The Kier molecular flexibility index (Phi) is 3.68. The fraction of sp³-hybridized carbons (Fsp3) is 0.133. The molecule has 3 aromatic rings. The molecule has 2 N–H and O–H groups in total. The van der Waals surface area contributed by atoms with Gasteiger partial charge in [0.25, 0.3) is 11.1 Å². The third-order valence-corrected chi connectivity index (χ3v) is 3.54. The summed E-state index contributed by atoms with van der Waals surface area (Å²) in [6, 6.07) is 5.36. The van der Waals surface area contributed by atoms with E-state index in [0.29, 0.717) is 0 Å². The SMILES string of the molecule is Cn1c(=O)[nH]c(=O)c2nc(CC(=O)c3ccccc3F)c(=O)[nH]c21. The number of halogens is 1. The molecule has 0 atom stereocenters. The minimum absolute atomic E-state index is 0.0594. The van der Waals surface area contributed by atoms with Crippen molar-refractivity contribution in [1.29, 1.82) is 0 Å². The van der Waals surface area contributed by atoms with E-state index in [1.165, 1.54) is 25.2 Å². The molecule has 0 bridgehead atoms. The van der Waals surface area contributed by atoms with E-state index in [0.717, 1.165) is 10.6 Å². The smallest absolute Gasteiger partial charge is 0.305 e. The van der Waals surface area contributed by atoms with E-state index in [1.807, 2.05) is 4.98 Å². The first-order valence-electron chi connectivity index (χ1n) is 6.88. The zero-order valence-corrected chi connectivity index (χ0v) is 12.4. The van der Waals surface area contributed by atoms with Crippen LogP contribution in [0, 0.1) is 5.82 Å². The van der Waals surface area contributed by atoms with Crippen LogP contribution in [-0.2, 0) is 13.5 Å². The first-order valence-corrected chi connectivity index (χ1v) is 6.88. The van der Waals surface area contributed by atoms with Crippen LogP contribution in [0.5, 0.6) is 0 Å². The third-order valence-electron chi connectivity index (χ3n) is 3.54. The zero-order chi connectivity index (χ0) is 17.4. The predicted octanol–water partition coefficient (Wildman–Crippen LogP) is -0.125. The number of H-pyrrole nitrogens is 2. The largest absolute Gasteiger partial charge is 0.329 e. The minimum atomic E-state index is -0.788. The molecule has 0 saturated carbocycles. The average molecular weight is 330 g/mol. The Bertz CT molecular complexity index is 1140. The maximum Gasteiger partial charge on any atom is 0.329 e. The molecular weight excluding hydrogens is 319 g/mol. The minimum Gasteiger partial charge on any atom is -0.305 e. The molecule has 122 valence electrons. The first kappa shape index (κ1) is 15.5. The first-order chi connectivity index (χ1) is 11.4. The van der Waals surface area contributed by atoms with Gasteiger partial charge in [0.2, 0.25) is 0 Å². The fourth-order valence-electron chi connectivity index (χ4n) is 2.27. The van der Waals surface area contributed by atoms with Crippen molar-refractivity contribution in [1.82, 2.24) is 19.5 Å². The molecule has 3 rings (SSSR count). The molecule has 0 amide bonds. The monoisotopic (exact) mass is 330 g/mol. The van der Waals surface area contributed by atoms with Gasteiger partial charge in [-0.25, -0.2) is 14.2 Å². The number of aromatic amines is 2. The summed E-state index contributed by atoms with van der Waals surface area (Å²) in [6.07, 6.45) is -0.478. The second kappa shape index (κ2) is 5.69. The molecule has 0 aliphatic carbocycles. The molecule has 0 radical (unpaired) electrons. The molecule has 2 aromatic heterocycles. The molecule has 2 heterocycles. The molecule has 1 aromatic carbocycles. The van der Waals surface area contributed by atoms with Crippen LogP contribution in [0.25, 0.3) is 11.2 Å². The molecule has 0 unspecified atom stereocenters. The Labute approximate surface area is 132 Å². The maximum atomic E-state index is 13.6. The van der Waals surface area contributed by atoms with Crippen LogP contribution < -0.4 is 16.8 Å². The lowest BCUT2D eigenvalue weighted by molar-refractivity contribution is 0.0987. The van der Waals surface area contributed by atoms with E-state index < -0.39 is 34.8 Å². The second-order valence-electron chi connectivity index (χ2n) is 5.11. The summed E-state index contributed by atoms with van der Waals surface area (Å²) in [4.78, 5) is 55.8. The van der Waals surface area contributed by atoms with Gasteiger partial charge in [0.1, 0.15) is 17.2 Å². The second-order valence-corrected chi connectivity index (χ2v) is 5.11. The number of carbonyl (C=O) groups excluding carboxylic acids is 1. The summed E-state index contributed by atoms with van der Waals surface area (Å²) in [7, 11) is 1.35. The third kappa shape index (κ3) is 2.56. The van der Waals surface area contributed by atoms with Crippen molar-refractivity contribution < 1.29 is 9.18 Å². The van der Waals surface area contributed by atoms with Crippen molar-refractivity contribution in [3.63, 3.8) is 0 Å². The number of nitrogens with one attached hydrogen (secondary N) is 2. The van der Waals surface area contributed by atoms with Crippen LogP contribution in [0.2, 0.25) is 0 Å². The number of fused-ring (bicyclic) bond motifs is 1. The highest BCUT2D eigenvalue weighted by molar-refractivity contribution is 5.97. The highest BCUT2D eigenvalue weighted by Crippen LogP contribution is 2.09. The van der Waals surface area contributed by atoms with Crippen LogP contribution in [0.4, 0.5) is 4.39 Å². The Balaban J connectivity index is 2.11. The number of nitrogens with zero attached hydrogens (tertiary/aromatic N) is 2. The lowest BCUT2D eigenvalue weighted by Gasteiger charge is -2.05. The van der Waals surface area contributed by atoms with Crippen molar-refractivity contribution in [2.45, 2.75) is 6.42 Å². The fourth-order valence-corrected chi connectivity index (χ4v) is 2.27. The zero-order valence-electron chi connectivity index (χ0n) is 12.4. The lowest BCUT2D eigenvalue weighted by Crippen LogP contribution is -2.32. The Morgan fingerprint density at radius 1 is 1.17 bits per heavy atom. The van der Waals surface area contributed by atoms with E-state index >= 15 is 0 Å². The molecule has 0 aliphatic heterocycles. The quantitative estimate of drug-likeness (QED) is 0.649. The van der Waals surface area contributed by atoms with Crippen LogP contribution >= 0.6 is 0 Å². The van der Waals surface area contributed by atoms with Gasteiger partial charge >= 0.3 is 5.69 Å². The topological polar surface area (TPSA) is 118 Å². The van der Waals surface area contributed by atoms with Crippen LogP contribution in [0.1, 0.15) is 16.1 Å². The van der Waals surface area contributed by atoms with Crippen molar-refractivity contribution >= 4 is 16.9 Å². The molecule has 0 fully saturated rings. The summed E-state index contributed by atoms with van der Waals surface area (Å²) in [5, 5.41) is 0. The van der Waals surface area contributed by atoms with Crippen molar-refractivity contribution in [2.24, 2.45) is 7.05 Å². The molecule has 24 heavy (non-hydrogen) atoms. The molecule has 9 heteroatoms. The number of aryl methyl sites for hydroxylation is 1.